The molecule has 0 fully saturated rings. The van der Waals surface area contributed by atoms with Crippen molar-refractivity contribution in [3.63, 3.8) is 0 Å². The summed E-state index contributed by atoms with van der Waals surface area (Å²) >= 11 is 1.64. The first kappa shape index (κ1) is 21.8. The average Bonchev–Trinajstić information content (AvgIpc) is 2.82. The smallest absolute Gasteiger partial charge is 0.191 e. The molecule has 0 aliphatic rings. The van der Waals surface area contributed by atoms with E-state index in [2.05, 4.69) is 20.6 Å². The maximum atomic E-state index is 13.2. The second-order valence-corrected chi connectivity index (χ2v) is 6.69. The Balaban J connectivity index is 0.00000312. The number of guanidine groups is 1. The SMILES string of the molecule is CCNC(=NCc1nc(C)c(C)s1)NCCc1cc(F)cc(F)c1.I. The van der Waals surface area contributed by atoms with E-state index in [-0.39, 0.29) is 24.0 Å². The number of hydrogen-bond acceptors (Lipinski definition) is 3. The van der Waals surface area contributed by atoms with E-state index < -0.39 is 11.6 Å². The quantitative estimate of drug-likeness (QED) is 0.374. The molecule has 8 heteroatoms. The summed E-state index contributed by atoms with van der Waals surface area (Å²) in [4.78, 5) is 10.2. The molecule has 138 valence electrons. The van der Waals surface area contributed by atoms with Crippen LogP contribution in [0, 0.1) is 25.5 Å². The lowest BCUT2D eigenvalue weighted by Crippen LogP contribution is -2.38. The monoisotopic (exact) mass is 480 g/mol. The Morgan fingerprint density at radius 3 is 2.40 bits per heavy atom. The number of rotatable bonds is 6. The third-order valence-corrected chi connectivity index (χ3v) is 4.48. The molecule has 0 aliphatic heterocycles. The Labute approximate surface area is 168 Å². The van der Waals surface area contributed by atoms with Crippen LogP contribution in [0.15, 0.2) is 23.2 Å². The lowest BCUT2D eigenvalue weighted by atomic mass is 10.1. The van der Waals surface area contributed by atoms with Gasteiger partial charge in [0, 0.05) is 24.0 Å². The topological polar surface area (TPSA) is 49.3 Å². The predicted molar refractivity (Wildman–Crippen MR) is 110 cm³/mol. The van der Waals surface area contributed by atoms with Crippen molar-refractivity contribution in [3.8, 4) is 0 Å². The van der Waals surface area contributed by atoms with Crippen LogP contribution in [0.25, 0.3) is 0 Å². The van der Waals surface area contributed by atoms with Crippen LogP contribution in [0.3, 0.4) is 0 Å². The highest BCUT2D eigenvalue weighted by molar-refractivity contribution is 14.0. The van der Waals surface area contributed by atoms with Crippen LogP contribution >= 0.6 is 35.3 Å². The summed E-state index contributed by atoms with van der Waals surface area (Å²) in [6.07, 6.45) is 0.508. The number of thiazole rings is 1. The van der Waals surface area contributed by atoms with Gasteiger partial charge in [-0.15, -0.1) is 35.3 Å². The lowest BCUT2D eigenvalue weighted by Gasteiger charge is -2.11. The second-order valence-electron chi connectivity index (χ2n) is 5.40. The van der Waals surface area contributed by atoms with E-state index >= 15 is 0 Å². The summed E-state index contributed by atoms with van der Waals surface area (Å²) in [6, 6.07) is 3.56. The highest BCUT2D eigenvalue weighted by Gasteiger charge is 2.05. The zero-order chi connectivity index (χ0) is 17.5. The van der Waals surface area contributed by atoms with Crippen molar-refractivity contribution in [2.45, 2.75) is 33.7 Å². The summed E-state index contributed by atoms with van der Waals surface area (Å²) < 4.78 is 26.4. The number of hydrogen-bond donors (Lipinski definition) is 2. The van der Waals surface area contributed by atoms with Crippen LogP contribution in [0.4, 0.5) is 8.78 Å². The summed E-state index contributed by atoms with van der Waals surface area (Å²) in [5.41, 5.74) is 1.65. The highest BCUT2D eigenvalue weighted by atomic mass is 127. The van der Waals surface area contributed by atoms with Crippen LogP contribution in [0.5, 0.6) is 0 Å². The van der Waals surface area contributed by atoms with E-state index in [1.807, 2.05) is 20.8 Å². The van der Waals surface area contributed by atoms with Gasteiger partial charge >= 0.3 is 0 Å². The van der Waals surface area contributed by atoms with Crippen molar-refractivity contribution < 1.29 is 8.78 Å². The highest BCUT2D eigenvalue weighted by Crippen LogP contribution is 2.16. The van der Waals surface area contributed by atoms with Crippen molar-refractivity contribution in [1.29, 1.82) is 0 Å². The average molecular weight is 480 g/mol. The molecule has 25 heavy (non-hydrogen) atoms. The van der Waals surface area contributed by atoms with Crippen molar-refractivity contribution >= 4 is 41.3 Å². The molecule has 2 aromatic rings. The summed E-state index contributed by atoms with van der Waals surface area (Å²) in [6.45, 7) is 7.78. The molecule has 0 amide bonds. The van der Waals surface area contributed by atoms with E-state index in [0.29, 0.717) is 31.0 Å². The molecule has 0 saturated heterocycles. The molecule has 0 spiro atoms. The Morgan fingerprint density at radius 1 is 1.16 bits per heavy atom. The van der Waals surface area contributed by atoms with E-state index in [1.165, 1.54) is 17.0 Å². The van der Waals surface area contributed by atoms with Gasteiger partial charge in [-0.1, -0.05) is 0 Å². The molecule has 0 saturated carbocycles. The molecule has 0 bridgehead atoms. The molecular weight excluding hydrogens is 457 g/mol. The number of aromatic nitrogens is 1. The van der Waals surface area contributed by atoms with Gasteiger partial charge in [0.15, 0.2) is 5.96 Å². The van der Waals surface area contributed by atoms with Crippen molar-refractivity contribution in [1.82, 2.24) is 15.6 Å². The van der Waals surface area contributed by atoms with Crippen molar-refractivity contribution in [3.05, 3.63) is 51.0 Å². The zero-order valence-corrected chi connectivity index (χ0v) is 17.7. The van der Waals surface area contributed by atoms with Gasteiger partial charge in [0.25, 0.3) is 0 Å². The molecule has 2 N–H and O–H groups in total. The number of aryl methyl sites for hydroxylation is 2. The van der Waals surface area contributed by atoms with Gasteiger partial charge in [0.1, 0.15) is 16.6 Å². The van der Waals surface area contributed by atoms with Crippen molar-refractivity contribution in [2.75, 3.05) is 13.1 Å². The molecule has 0 unspecified atom stereocenters. The standard InChI is InChI=1S/C17H22F2N4S.HI/c1-4-20-17(22-10-16-23-11(2)12(3)24-16)21-6-5-13-7-14(18)9-15(19)8-13;/h7-9H,4-6,10H2,1-3H3,(H2,20,21,22);1H. The first-order chi connectivity index (χ1) is 11.5. The van der Waals surface area contributed by atoms with Gasteiger partial charge in [0.05, 0.1) is 12.2 Å². The normalized spacial score (nSPS) is 11.2. The van der Waals surface area contributed by atoms with Crippen LogP contribution in [-0.4, -0.2) is 24.0 Å². The maximum absolute atomic E-state index is 13.2. The fourth-order valence-corrected chi connectivity index (χ4v) is 3.03. The van der Waals surface area contributed by atoms with Crippen LogP contribution in [0.2, 0.25) is 0 Å². The molecule has 1 heterocycles. The largest absolute Gasteiger partial charge is 0.357 e. The fourth-order valence-electron chi connectivity index (χ4n) is 2.18. The van der Waals surface area contributed by atoms with Gasteiger partial charge in [-0.05, 0) is 44.9 Å². The van der Waals surface area contributed by atoms with E-state index in [9.17, 15) is 8.78 Å². The second kappa shape index (κ2) is 10.6. The third-order valence-electron chi connectivity index (χ3n) is 3.42. The molecule has 0 atom stereocenters. The summed E-state index contributed by atoms with van der Waals surface area (Å²) in [5, 5.41) is 7.29. The number of nitrogens with zero attached hydrogens (tertiary/aromatic N) is 2. The molecule has 2 rings (SSSR count). The Morgan fingerprint density at radius 2 is 1.84 bits per heavy atom. The molecule has 4 nitrogen and oxygen atoms in total. The number of aliphatic imine (C=N–C) groups is 1. The van der Waals surface area contributed by atoms with Gasteiger partial charge in [-0.3, -0.25) is 0 Å². The van der Waals surface area contributed by atoms with Gasteiger partial charge in [-0.25, -0.2) is 18.8 Å². The molecule has 1 aromatic heterocycles. The molecule has 0 aliphatic carbocycles. The molecular formula is C17H23F2IN4S. The van der Waals surface area contributed by atoms with Crippen LogP contribution < -0.4 is 10.6 Å². The van der Waals surface area contributed by atoms with Gasteiger partial charge in [-0.2, -0.15) is 0 Å². The maximum Gasteiger partial charge on any atom is 0.191 e. The van der Waals surface area contributed by atoms with Crippen LogP contribution in [0.1, 0.15) is 28.1 Å². The molecule has 0 radical (unpaired) electrons. The predicted octanol–water partition coefficient (Wildman–Crippen LogP) is 3.95. The minimum absolute atomic E-state index is 0. The number of nitrogens with one attached hydrogen (secondary N) is 2. The van der Waals surface area contributed by atoms with Gasteiger partial charge < -0.3 is 10.6 Å². The van der Waals surface area contributed by atoms with Crippen LogP contribution in [-0.2, 0) is 13.0 Å². The summed E-state index contributed by atoms with van der Waals surface area (Å²) in [5.74, 6) is -0.444. The van der Waals surface area contributed by atoms with E-state index in [4.69, 9.17) is 0 Å². The molecule has 1 aromatic carbocycles. The minimum Gasteiger partial charge on any atom is -0.357 e. The van der Waals surface area contributed by atoms with E-state index in [0.717, 1.165) is 23.3 Å². The van der Waals surface area contributed by atoms with Gasteiger partial charge in [0.2, 0.25) is 0 Å². The zero-order valence-electron chi connectivity index (χ0n) is 14.5. The minimum atomic E-state index is -0.555. The van der Waals surface area contributed by atoms with Crippen molar-refractivity contribution in [2.24, 2.45) is 4.99 Å². The Kier molecular flexibility index (Phi) is 9.26. The Hall–Kier alpha value is -1.29. The lowest BCUT2D eigenvalue weighted by molar-refractivity contribution is 0.579. The fraction of sp³-hybridized carbons (Fsp3) is 0.412. The van der Waals surface area contributed by atoms with E-state index in [1.54, 1.807) is 11.3 Å². The first-order valence-corrected chi connectivity index (χ1v) is 8.69. The first-order valence-electron chi connectivity index (χ1n) is 7.88. The number of halogens is 3. The number of benzene rings is 1. The third kappa shape index (κ3) is 7.23. The Bertz CT molecular complexity index is 679. The summed E-state index contributed by atoms with van der Waals surface area (Å²) in [7, 11) is 0.